The molecular formula is C15H16ClNOS. The summed E-state index contributed by atoms with van der Waals surface area (Å²) < 4.78 is 0. The van der Waals surface area contributed by atoms with Crippen LogP contribution in [0.2, 0.25) is 5.02 Å². The Kier molecular flexibility index (Phi) is 5.00. The van der Waals surface area contributed by atoms with Gasteiger partial charge in [-0.3, -0.25) is 4.79 Å². The molecule has 2 aromatic rings. The van der Waals surface area contributed by atoms with E-state index < -0.39 is 0 Å². The molecule has 0 aliphatic rings. The van der Waals surface area contributed by atoms with Crippen LogP contribution in [0.4, 0.5) is 0 Å². The van der Waals surface area contributed by atoms with Crippen LogP contribution in [-0.4, -0.2) is 12.5 Å². The number of rotatable bonds is 5. The molecule has 0 radical (unpaired) electrons. The van der Waals surface area contributed by atoms with Crippen molar-refractivity contribution in [1.82, 2.24) is 5.32 Å². The fraction of sp³-hybridized carbons (Fsp3) is 0.267. The van der Waals surface area contributed by atoms with Crippen molar-refractivity contribution >= 4 is 28.8 Å². The summed E-state index contributed by atoms with van der Waals surface area (Å²) in [4.78, 5) is 12.7. The molecule has 1 amide bonds. The second kappa shape index (κ2) is 6.73. The molecule has 4 heteroatoms. The van der Waals surface area contributed by atoms with Crippen molar-refractivity contribution in [3.8, 4) is 0 Å². The molecule has 0 atom stereocenters. The van der Waals surface area contributed by atoms with Crippen LogP contribution in [0.25, 0.3) is 0 Å². The first kappa shape index (κ1) is 14.1. The van der Waals surface area contributed by atoms with Gasteiger partial charge in [0, 0.05) is 11.6 Å². The van der Waals surface area contributed by atoms with E-state index >= 15 is 0 Å². The van der Waals surface area contributed by atoms with Crippen molar-refractivity contribution in [3.05, 3.63) is 56.7 Å². The van der Waals surface area contributed by atoms with Crippen LogP contribution in [-0.2, 0) is 6.42 Å². The van der Waals surface area contributed by atoms with Crippen molar-refractivity contribution < 1.29 is 4.79 Å². The highest BCUT2D eigenvalue weighted by Crippen LogP contribution is 2.15. The lowest BCUT2D eigenvalue weighted by atomic mass is 10.1. The van der Waals surface area contributed by atoms with Crippen molar-refractivity contribution in [2.24, 2.45) is 0 Å². The highest BCUT2D eigenvalue weighted by molar-refractivity contribution is 7.12. The van der Waals surface area contributed by atoms with Crippen molar-refractivity contribution in [3.63, 3.8) is 0 Å². The fourth-order valence-electron chi connectivity index (χ4n) is 1.83. The summed E-state index contributed by atoms with van der Waals surface area (Å²) in [5.74, 6) is 0.0311. The van der Waals surface area contributed by atoms with E-state index in [0.29, 0.717) is 6.54 Å². The first-order valence-electron chi connectivity index (χ1n) is 6.23. The molecule has 0 aliphatic heterocycles. The monoisotopic (exact) mass is 293 g/mol. The van der Waals surface area contributed by atoms with E-state index in [4.69, 9.17) is 11.6 Å². The van der Waals surface area contributed by atoms with Gasteiger partial charge in [0.15, 0.2) is 0 Å². The summed E-state index contributed by atoms with van der Waals surface area (Å²) in [6.45, 7) is 2.65. The van der Waals surface area contributed by atoms with Crippen molar-refractivity contribution in [1.29, 1.82) is 0 Å². The van der Waals surface area contributed by atoms with E-state index in [1.165, 1.54) is 16.9 Å². The summed E-state index contributed by atoms with van der Waals surface area (Å²) in [6, 6.07) is 9.80. The molecule has 0 spiro atoms. The molecule has 2 nitrogen and oxygen atoms in total. The zero-order valence-electron chi connectivity index (χ0n) is 10.8. The van der Waals surface area contributed by atoms with Gasteiger partial charge in [-0.25, -0.2) is 0 Å². The lowest BCUT2D eigenvalue weighted by Gasteiger charge is -2.05. The summed E-state index contributed by atoms with van der Waals surface area (Å²) in [6.07, 6.45) is 1.87. The summed E-state index contributed by atoms with van der Waals surface area (Å²) >= 11 is 7.32. The minimum atomic E-state index is 0.0311. The van der Waals surface area contributed by atoms with Gasteiger partial charge < -0.3 is 5.32 Å². The smallest absolute Gasteiger partial charge is 0.261 e. The van der Waals surface area contributed by atoms with E-state index in [9.17, 15) is 4.79 Å². The molecule has 0 unspecified atom stereocenters. The molecule has 1 N–H and O–H groups in total. The molecule has 100 valence electrons. The number of carbonyl (C=O) groups excluding carboxylic acids is 1. The standard InChI is InChI=1S/C15H16ClNOS/c1-11-8-10-19-14(11)15(18)17-9-2-3-12-4-6-13(16)7-5-12/h4-8,10H,2-3,9H2,1H3,(H,17,18). The molecule has 0 aliphatic carbocycles. The second-order valence-corrected chi connectivity index (χ2v) is 5.77. The van der Waals surface area contributed by atoms with Gasteiger partial charge in [-0.2, -0.15) is 0 Å². The summed E-state index contributed by atoms with van der Waals surface area (Å²) in [7, 11) is 0. The number of halogens is 1. The lowest BCUT2D eigenvalue weighted by Crippen LogP contribution is -2.24. The molecule has 1 aromatic heterocycles. The lowest BCUT2D eigenvalue weighted by molar-refractivity contribution is 0.0957. The van der Waals surface area contributed by atoms with E-state index in [1.807, 2.05) is 42.6 Å². The number of nitrogens with one attached hydrogen (secondary N) is 1. The van der Waals surface area contributed by atoms with E-state index in [1.54, 1.807) is 0 Å². The zero-order chi connectivity index (χ0) is 13.7. The largest absolute Gasteiger partial charge is 0.351 e. The van der Waals surface area contributed by atoms with Crippen LogP contribution in [0.5, 0.6) is 0 Å². The number of hydrogen-bond acceptors (Lipinski definition) is 2. The van der Waals surface area contributed by atoms with Gasteiger partial charge in [-0.15, -0.1) is 11.3 Å². The predicted molar refractivity (Wildman–Crippen MR) is 81.2 cm³/mol. The van der Waals surface area contributed by atoms with E-state index in [0.717, 1.165) is 28.3 Å². The van der Waals surface area contributed by atoms with Crippen molar-refractivity contribution in [2.45, 2.75) is 19.8 Å². The third kappa shape index (κ3) is 4.08. The number of benzene rings is 1. The quantitative estimate of drug-likeness (QED) is 0.827. The Labute approximate surface area is 122 Å². The number of amides is 1. The minimum absolute atomic E-state index is 0.0311. The van der Waals surface area contributed by atoms with Crippen LogP contribution in [0.3, 0.4) is 0 Å². The van der Waals surface area contributed by atoms with Gasteiger partial charge in [0.2, 0.25) is 0 Å². The highest BCUT2D eigenvalue weighted by Gasteiger charge is 2.08. The van der Waals surface area contributed by atoms with Crippen LogP contribution >= 0.6 is 22.9 Å². The third-order valence-corrected chi connectivity index (χ3v) is 4.18. The Morgan fingerprint density at radius 1 is 1.26 bits per heavy atom. The average Bonchev–Trinajstić information content (AvgIpc) is 2.83. The molecule has 0 saturated carbocycles. The first-order chi connectivity index (χ1) is 9.16. The van der Waals surface area contributed by atoms with E-state index in [2.05, 4.69) is 5.32 Å². The second-order valence-electron chi connectivity index (χ2n) is 4.42. The maximum Gasteiger partial charge on any atom is 0.261 e. The van der Waals surface area contributed by atoms with Crippen LogP contribution in [0, 0.1) is 6.92 Å². The summed E-state index contributed by atoms with van der Waals surface area (Å²) in [5.41, 5.74) is 2.28. The molecule has 0 bridgehead atoms. The Balaban J connectivity index is 1.74. The zero-order valence-corrected chi connectivity index (χ0v) is 12.4. The predicted octanol–water partition coefficient (Wildman–Crippen LogP) is 4.07. The third-order valence-electron chi connectivity index (χ3n) is 2.91. The summed E-state index contributed by atoms with van der Waals surface area (Å²) in [5, 5.41) is 5.65. The number of thiophene rings is 1. The minimum Gasteiger partial charge on any atom is -0.351 e. The first-order valence-corrected chi connectivity index (χ1v) is 7.49. The van der Waals surface area contributed by atoms with Gasteiger partial charge >= 0.3 is 0 Å². The maximum absolute atomic E-state index is 11.9. The number of carbonyl (C=O) groups is 1. The molecule has 0 saturated heterocycles. The Morgan fingerprint density at radius 3 is 2.63 bits per heavy atom. The average molecular weight is 294 g/mol. The number of hydrogen-bond donors (Lipinski definition) is 1. The Bertz CT molecular complexity index is 548. The van der Waals surface area contributed by atoms with Crippen molar-refractivity contribution in [2.75, 3.05) is 6.54 Å². The number of aryl methyl sites for hydroxylation is 2. The molecule has 2 rings (SSSR count). The molecule has 19 heavy (non-hydrogen) atoms. The molecule has 1 heterocycles. The molecule has 0 fully saturated rings. The molecule has 1 aromatic carbocycles. The molecular weight excluding hydrogens is 278 g/mol. The van der Waals surface area contributed by atoms with Gasteiger partial charge in [-0.1, -0.05) is 23.7 Å². The van der Waals surface area contributed by atoms with Gasteiger partial charge in [0.25, 0.3) is 5.91 Å². The Morgan fingerprint density at radius 2 is 2.00 bits per heavy atom. The fourth-order valence-corrected chi connectivity index (χ4v) is 2.80. The SMILES string of the molecule is Cc1ccsc1C(=O)NCCCc1ccc(Cl)cc1. The normalized spacial score (nSPS) is 10.4. The van der Waals surface area contributed by atoms with Crippen LogP contribution < -0.4 is 5.32 Å². The van der Waals surface area contributed by atoms with Crippen LogP contribution in [0.15, 0.2) is 35.7 Å². The van der Waals surface area contributed by atoms with Gasteiger partial charge in [0.05, 0.1) is 4.88 Å². The van der Waals surface area contributed by atoms with Gasteiger partial charge in [0.1, 0.15) is 0 Å². The Hall–Kier alpha value is -1.32. The topological polar surface area (TPSA) is 29.1 Å². The van der Waals surface area contributed by atoms with Gasteiger partial charge in [-0.05, 0) is 54.5 Å². The highest BCUT2D eigenvalue weighted by atomic mass is 35.5. The maximum atomic E-state index is 11.9. The van der Waals surface area contributed by atoms with E-state index in [-0.39, 0.29) is 5.91 Å². The van der Waals surface area contributed by atoms with Crippen LogP contribution in [0.1, 0.15) is 27.2 Å².